The molecule has 1 aliphatic rings. The highest BCUT2D eigenvalue weighted by atomic mass is 35.5. The fraction of sp³-hybridized carbons (Fsp3) is 0.412. The van der Waals surface area contributed by atoms with E-state index in [2.05, 4.69) is 10.3 Å². The number of aromatic nitrogens is 1. The van der Waals surface area contributed by atoms with E-state index in [0.29, 0.717) is 41.5 Å². The molecule has 136 valence electrons. The van der Waals surface area contributed by atoms with Crippen LogP contribution in [0.1, 0.15) is 24.1 Å². The number of carbonyl (C=O) groups excluding carboxylic acids is 1. The Morgan fingerprint density at radius 2 is 2.28 bits per heavy atom. The van der Waals surface area contributed by atoms with Crippen molar-refractivity contribution < 1.29 is 9.18 Å². The van der Waals surface area contributed by atoms with Crippen LogP contribution in [0.5, 0.6) is 0 Å². The highest BCUT2D eigenvalue weighted by molar-refractivity contribution is 6.30. The van der Waals surface area contributed by atoms with E-state index in [-0.39, 0.29) is 18.0 Å². The summed E-state index contributed by atoms with van der Waals surface area (Å²) in [7, 11) is 1.63. The first-order valence-corrected chi connectivity index (χ1v) is 8.36. The number of nitrogens with one attached hydrogen (secondary N) is 1. The second-order valence-electron chi connectivity index (χ2n) is 6.09. The lowest BCUT2D eigenvalue weighted by Gasteiger charge is -2.37. The van der Waals surface area contributed by atoms with E-state index in [0.717, 1.165) is 0 Å². The van der Waals surface area contributed by atoms with Crippen molar-refractivity contribution in [2.45, 2.75) is 25.4 Å². The predicted octanol–water partition coefficient (Wildman–Crippen LogP) is 1.69. The van der Waals surface area contributed by atoms with Gasteiger partial charge in [0.2, 0.25) is 0 Å². The summed E-state index contributed by atoms with van der Waals surface area (Å²) >= 11 is 5.91. The van der Waals surface area contributed by atoms with E-state index in [1.807, 2.05) is 0 Å². The highest BCUT2D eigenvalue weighted by Gasteiger charge is 2.41. The van der Waals surface area contributed by atoms with Gasteiger partial charge in [-0.05, 0) is 37.5 Å². The first-order chi connectivity index (χ1) is 11.8. The normalized spacial score (nSPS) is 22.0. The lowest BCUT2D eigenvalue weighted by molar-refractivity contribution is -0.131. The zero-order chi connectivity index (χ0) is 18.6. The Morgan fingerprint density at radius 3 is 2.88 bits per heavy atom. The van der Waals surface area contributed by atoms with E-state index in [9.17, 15) is 4.79 Å². The molecule has 0 bridgehead atoms. The molecule has 25 heavy (non-hydrogen) atoms. The number of rotatable bonds is 4. The average molecular weight is 368 g/mol. The minimum atomic E-state index is -1.72. The van der Waals surface area contributed by atoms with Gasteiger partial charge >= 0.3 is 0 Å². The van der Waals surface area contributed by atoms with Gasteiger partial charge in [0.1, 0.15) is 0 Å². The second-order valence-corrected chi connectivity index (χ2v) is 6.52. The van der Waals surface area contributed by atoms with Gasteiger partial charge in [0.05, 0.1) is 28.7 Å². The average Bonchev–Trinajstić information content (AvgIpc) is 2.58. The highest BCUT2D eigenvalue weighted by Crippen LogP contribution is 2.37. The first-order valence-electron chi connectivity index (χ1n) is 7.98. The van der Waals surface area contributed by atoms with Crippen molar-refractivity contribution in [1.82, 2.24) is 15.2 Å². The van der Waals surface area contributed by atoms with Crippen LogP contribution in [-0.2, 0) is 10.5 Å². The summed E-state index contributed by atoms with van der Waals surface area (Å²) in [5.41, 5.74) is 10.7. The monoisotopic (exact) mass is 367 g/mol. The number of likely N-dealkylation sites (tertiary alicyclic amines) is 1. The molecule has 8 heteroatoms. The molecule has 0 spiro atoms. The number of piperidine rings is 1. The zero-order valence-electron chi connectivity index (χ0n) is 14.4. The van der Waals surface area contributed by atoms with E-state index in [4.69, 9.17) is 23.1 Å². The third kappa shape index (κ3) is 4.22. The fourth-order valence-electron chi connectivity index (χ4n) is 2.99. The third-order valence-electron chi connectivity index (χ3n) is 4.23. The molecular weight excluding hydrogens is 345 g/mol. The number of nitrogens with zero attached hydrogens (tertiary/aromatic N) is 2. The van der Waals surface area contributed by atoms with Crippen molar-refractivity contribution in [2.24, 2.45) is 11.5 Å². The molecule has 2 rings (SSSR count). The van der Waals surface area contributed by atoms with Crippen molar-refractivity contribution in [3.63, 3.8) is 0 Å². The lowest BCUT2D eigenvalue weighted by atomic mass is 9.88. The van der Waals surface area contributed by atoms with Crippen molar-refractivity contribution in [2.75, 3.05) is 20.1 Å². The Morgan fingerprint density at radius 1 is 1.56 bits per heavy atom. The number of pyridine rings is 1. The van der Waals surface area contributed by atoms with Crippen molar-refractivity contribution in [3.8, 4) is 0 Å². The molecule has 1 unspecified atom stereocenters. The maximum atomic E-state index is 15.6. The standard InChI is InChI=1S/C17H23ClFN5O/c1-11-6-13(18)9-23-15(11)17(19)4-3-5-24(10-17)16(25)12(8-20)7-14(21)22-2/h6-9,22H,3-5,10,20-21H2,1-2H3/b12-8+,14-7+. The van der Waals surface area contributed by atoms with Crippen LogP contribution >= 0.6 is 11.6 Å². The van der Waals surface area contributed by atoms with Crippen molar-refractivity contribution in [1.29, 1.82) is 0 Å². The van der Waals surface area contributed by atoms with Crippen LogP contribution in [0.3, 0.4) is 0 Å². The molecular formula is C17H23ClFN5O. The fourth-order valence-corrected chi connectivity index (χ4v) is 3.20. The number of hydrogen-bond donors (Lipinski definition) is 3. The number of nitrogens with two attached hydrogens (primary N) is 2. The molecule has 1 fully saturated rings. The minimum absolute atomic E-state index is 0.0913. The van der Waals surface area contributed by atoms with E-state index >= 15 is 4.39 Å². The molecule has 5 N–H and O–H groups in total. The number of aryl methyl sites for hydroxylation is 1. The predicted molar refractivity (Wildman–Crippen MR) is 96.2 cm³/mol. The molecule has 1 aromatic heterocycles. The number of alkyl halides is 1. The second kappa shape index (κ2) is 7.74. The SMILES string of the molecule is CN/C(N)=C/C(=C\N)C(=O)N1CCCC(F)(c2ncc(Cl)cc2C)C1. The molecule has 1 saturated heterocycles. The van der Waals surface area contributed by atoms with Gasteiger partial charge in [-0.25, -0.2) is 4.39 Å². The summed E-state index contributed by atoms with van der Waals surface area (Å²) in [6.07, 6.45) is 4.85. The molecule has 1 amide bonds. The van der Waals surface area contributed by atoms with Gasteiger partial charge in [0.25, 0.3) is 5.91 Å². The van der Waals surface area contributed by atoms with Gasteiger partial charge in [0.15, 0.2) is 5.67 Å². The van der Waals surface area contributed by atoms with Gasteiger partial charge in [-0.2, -0.15) is 0 Å². The molecule has 1 aromatic rings. The Labute approximate surface area is 151 Å². The van der Waals surface area contributed by atoms with Crippen LogP contribution in [0.2, 0.25) is 5.02 Å². The Balaban J connectivity index is 2.26. The topological polar surface area (TPSA) is 97.3 Å². The summed E-state index contributed by atoms with van der Waals surface area (Å²) < 4.78 is 15.6. The van der Waals surface area contributed by atoms with Gasteiger partial charge in [-0.15, -0.1) is 0 Å². The van der Waals surface area contributed by atoms with Crippen LogP contribution in [0.25, 0.3) is 0 Å². The number of carbonyl (C=O) groups is 1. The lowest BCUT2D eigenvalue weighted by Crippen LogP contribution is -2.47. The Bertz CT molecular complexity index is 721. The molecule has 1 aliphatic heterocycles. The molecule has 0 aliphatic carbocycles. The summed E-state index contributed by atoms with van der Waals surface area (Å²) in [6.45, 7) is 2.12. The maximum Gasteiger partial charge on any atom is 0.255 e. The molecule has 0 saturated carbocycles. The summed E-state index contributed by atoms with van der Waals surface area (Å²) in [6, 6.07) is 1.67. The van der Waals surface area contributed by atoms with Crippen LogP contribution < -0.4 is 16.8 Å². The third-order valence-corrected chi connectivity index (χ3v) is 4.43. The zero-order valence-corrected chi connectivity index (χ0v) is 15.1. The van der Waals surface area contributed by atoms with Crippen LogP contribution in [0, 0.1) is 6.92 Å². The molecule has 0 aromatic carbocycles. The van der Waals surface area contributed by atoms with Crippen molar-refractivity contribution >= 4 is 17.5 Å². The van der Waals surface area contributed by atoms with Gasteiger partial charge in [-0.1, -0.05) is 11.6 Å². The molecule has 6 nitrogen and oxygen atoms in total. The van der Waals surface area contributed by atoms with Crippen LogP contribution in [-0.4, -0.2) is 35.9 Å². The largest absolute Gasteiger partial charge is 0.404 e. The van der Waals surface area contributed by atoms with Gasteiger partial charge < -0.3 is 21.7 Å². The quantitative estimate of drug-likeness (QED) is 0.555. The van der Waals surface area contributed by atoms with Crippen LogP contribution in [0.15, 0.2) is 35.9 Å². The number of amides is 1. The first kappa shape index (κ1) is 19.1. The summed E-state index contributed by atoms with van der Waals surface area (Å²) in [5.74, 6) is -0.0715. The molecule has 2 heterocycles. The number of halogens is 2. The number of hydrogen-bond acceptors (Lipinski definition) is 5. The molecule has 1 atom stereocenters. The Hall–Kier alpha value is -2.28. The maximum absolute atomic E-state index is 15.6. The van der Waals surface area contributed by atoms with Crippen LogP contribution in [0.4, 0.5) is 4.39 Å². The minimum Gasteiger partial charge on any atom is -0.404 e. The smallest absolute Gasteiger partial charge is 0.255 e. The van der Waals surface area contributed by atoms with E-state index in [1.165, 1.54) is 23.4 Å². The Kier molecular flexibility index (Phi) is 5.89. The summed E-state index contributed by atoms with van der Waals surface area (Å²) in [4.78, 5) is 18.3. The van der Waals surface area contributed by atoms with Gasteiger partial charge in [-0.3, -0.25) is 9.78 Å². The van der Waals surface area contributed by atoms with Gasteiger partial charge in [0, 0.05) is 26.0 Å². The van der Waals surface area contributed by atoms with Crippen molar-refractivity contribution in [3.05, 3.63) is 52.2 Å². The summed E-state index contributed by atoms with van der Waals surface area (Å²) in [5, 5.41) is 3.17. The van der Waals surface area contributed by atoms with E-state index in [1.54, 1.807) is 20.0 Å². The molecule has 0 radical (unpaired) electrons. The van der Waals surface area contributed by atoms with E-state index < -0.39 is 5.67 Å².